The van der Waals surface area contributed by atoms with Gasteiger partial charge < -0.3 is 9.33 Å². The number of nitrogens with zero attached hydrogens (tertiary/aromatic N) is 1. The summed E-state index contributed by atoms with van der Waals surface area (Å²) in [4.78, 5) is 26.0. The second-order valence-electron chi connectivity index (χ2n) is 8.81. The minimum Gasteiger partial charge on any atom is -0.397 e. The number of hydrogen-bond acceptors (Lipinski definition) is 4. The maximum Gasteiger partial charge on any atom is 0.227 e. The van der Waals surface area contributed by atoms with Crippen LogP contribution in [0.5, 0.6) is 0 Å². The number of β-lactam (4-membered cyclic amide) rings is 1. The second-order valence-corrected chi connectivity index (χ2v) is 14.8. The summed E-state index contributed by atoms with van der Waals surface area (Å²) in [6.45, 7) is 13.1. The summed E-state index contributed by atoms with van der Waals surface area (Å²) in [6.07, 6.45) is 5.60. The third-order valence-corrected chi connectivity index (χ3v) is 12.4. The summed E-state index contributed by atoms with van der Waals surface area (Å²) in [6, 6.07) is 0.202. The number of amides is 1. The summed E-state index contributed by atoms with van der Waals surface area (Å²) in [5, 5.41) is 0.124. The first-order valence-corrected chi connectivity index (χ1v) is 13.1. The van der Waals surface area contributed by atoms with Crippen LogP contribution in [-0.2, 0) is 14.0 Å². The van der Waals surface area contributed by atoms with Gasteiger partial charge in [-0.1, -0.05) is 20.8 Å². The molecule has 0 aromatic heterocycles. The van der Waals surface area contributed by atoms with E-state index in [1.807, 2.05) is 23.6 Å². The fraction of sp³-hybridized carbons (Fsp3) is 0.889. The quantitative estimate of drug-likeness (QED) is 0.537. The molecule has 0 N–H and O–H groups in total. The van der Waals surface area contributed by atoms with Crippen LogP contribution >= 0.6 is 11.8 Å². The van der Waals surface area contributed by atoms with Crippen LogP contribution in [0.15, 0.2) is 0 Å². The molecule has 1 saturated heterocycles. The van der Waals surface area contributed by atoms with Crippen molar-refractivity contribution in [3.05, 3.63) is 0 Å². The van der Waals surface area contributed by atoms with Crippen molar-refractivity contribution in [3.63, 3.8) is 0 Å². The van der Waals surface area contributed by atoms with Crippen molar-refractivity contribution in [2.45, 2.75) is 94.9 Å². The molecular weight excluding hydrogens is 338 g/mol. The van der Waals surface area contributed by atoms with E-state index >= 15 is 0 Å². The van der Waals surface area contributed by atoms with E-state index in [2.05, 4.69) is 40.1 Å². The molecule has 0 radical (unpaired) electrons. The summed E-state index contributed by atoms with van der Waals surface area (Å²) in [5.74, 6) is 0.555. The van der Waals surface area contributed by atoms with Gasteiger partial charge in [0.25, 0.3) is 0 Å². The van der Waals surface area contributed by atoms with Gasteiger partial charge in [-0.2, -0.15) is 11.8 Å². The maximum atomic E-state index is 12.4. The molecule has 2 rings (SSSR count). The predicted molar refractivity (Wildman–Crippen MR) is 103 cm³/mol. The lowest BCUT2D eigenvalue weighted by molar-refractivity contribution is -0.163. The smallest absolute Gasteiger partial charge is 0.227 e. The van der Waals surface area contributed by atoms with Crippen LogP contribution in [0.1, 0.15) is 59.8 Å². The Hall–Kier alpha value is -0.333. The fourth-order valence-electron chi connectivity index (χ4n) is 3.61. The maximum absolute atomic E-state index is 12.4. The lowest BCUT2D eigenvalue weighted by Crippen LogP contribution is -2.67. The van der Waals surface area contributed by atoms with Gasteiger partial charge in [0, 0.05) is 24.0 Å². The van der Waals surface area contributed by atoms with Crippen molar-refractivity contribution < 1.29 is 14.0 Å². The Labute approximate surface area is 152 Å². The van der Waals surface area contributed by atoms with E-state index in [-0.39, 0.29) is 28.0 Å². The highest BCUT2D eigenvalue weighted by atomic mass is 32.2. The van der Waals surface area contributed by atoms with Crippen LogP contribution in [0.2, 0.25) is 18.1 Å². The number of ketones is 1. The number of carbonyl (C=O) groups excluding carboxylic acids is 2. The Bertz CT molecular complexity index is 505. The van der Waals surface area contributed by atoms with Crippen LogP contribution in [-0.4, -0.2) is 48.2 Å². The first kappa shape index (κ1) is 20.0. The monoisotopic (exact) mass is 371 g/mol. The van der Waals surface area contributed by atoms with Gasteiger partial charge in [-0.15, -0.1) is 0 Å². The molecule has 24 heavy (non-hydrogen) atoms. The van der Waals surface area contributed by atoms with E-state index in [1.54, 1.807) is 0 Å². The van der Waals surface area contributed by atoms with Crippen LogP contribution in [0.25, 0.3) is 0 Å². The van der Waals surface area contributed by atoms with Crippen molar-refractivity contribution in [1.29, 1.82) is 0 Å². The van der Waals surface area contributed by atoms with Gasteiger partial charge in [0.1, 0.15) is 12.0 Å². The first-order chi connectivity index (χ1) is 10.9. The first-order valence-electron chi connectivity index (χ1n) is 8.99. The predicted octanol–water partition coefficient (Wildman–Crippen LogP) is 4.20. The molecular formula is C18H33NO3SSi. The number of Topliss-reactive ketones (excluding diaryl/α,β-unsaturated/α-hetero) is 1. The zero-order valence-corrected chi connectivity index (χ0v) is 18.1. The Kier molecular flexibility index (Phi) is 5.63. The largest absolute Gasteiger partial charge is 0.397 e. The fourth-order valence-corrected chi connectivity index (χ4v) is 6.01. The average Bonchev–Trinajstić information content (AvgIpc) is 2.44. The highest BCUT2D eigenvalue weighted by molar-refractivity contribution is 8.00. The van der Waals surface area contributed by atoms with E-state index in [0.29, 0.717) is 25.0 Å². The number of thioether (sulfide) groups is 1. The van der Waals surface area contributed by atoms with Gasteiger partial charge in [0.2, 0.25) is 5.91 Å². The van der Waals surface area contributed by atoms with E-state index in [1.165, 1.54) is 0 Å². The number of likely N-dealkylation sites (tertiary alicyclic amines) is 1. The van der Waals surface area contributed by atoms with Gasteiger partial charge in [0.15, 0.2) is 8.32 Å². The molecule has 0 spiro atoms. The molecule has 1 aliphatic carbocycles. The number of hydrogen-bond donors (Lipinski definition) is 0. The topological polar surface area (TPSA) is 46.6 Å². The Morgan fingerprint density at radius 3 is 2.21 bits per heavy atom. The Balaban J connectivity index is 2.14. The summed E-state index contributed by atoms with van der Waals surface area (Å²) in [7, 11) is -1.92. The zero-order chi connectivity index (χ0) is 18.3. The van der Waals surface area contributed by atoms with Gasteiger partial charge in [0.05, 0.1) is 6.04 Å². The van der Waals surface area contributed by atoms with Gasteiger partial charge in [-0.25, -0.2) is 0 Å². The van der Waals surface area contributed by atoms with Crippen molar-refractivity contribution in [3.8, 4) is 0 Å². The molecule has 138 valence electrons. The minimum atomic E-state index is -1.92. The zero-order valence-electron chi connectivity index (χ0n) is 16.3. The number of rotatable bonds is 5. The molecule has 0 aromatic rings. The molecule has 0 aromatic carbocycles. The molecule has 2 fully saturated rings. The molecule has 0 bridgehead atoms. The second kappa shape index (κ2) is 6.76. The van der Waals surface area contributed by atoms with Gasteiger partial charge >= 0.3 is 0 Å². The van der Waals surface area contributed by atoms with Crippen molar-refractivity contribution >= 4 is 31.8 Å². The Morgan fingerprint density at radius 2 is 1.79 bits per heavy atom. The summed E-state index contributed by atoms with van der Waals surface area (Å²) < 4.78 is 6.50. The van der Waals surface area contributed by atoms with Crippen molar-refractivity contribution in [2.24, 2.45) is 0 Å². The lowest BCUT2D eigenvalue weighted by atomic mass is 9.77. The third-order valence-electron chi connectivity index (χ3n) is 6.32. The van der Waals surface area contributed by atoms with Crippen molar-refractivity contribution in [2.75, 3.05) is 6.26 Å². The summed E-state index contributed by atoms with van der Waals surface area (Å²) in [5.41, 5.74) is 0. The molecule has 6 heteroatoms. The van der Waals surface area contributed by atoms with Crippen LogP contribution in [0, 0.1) is 0 Å². The highest BCUT2D eigenvalue weighted by Crippen LogP contribution is 2.48. The normalized spacial score (nSPS) is 26.3. The molecule has 1 amide bonds. The lowest BCUT2D eigenvalue weighted by Gasteiger charge is -2.55. The standard InChI is InChI=1S/C18H33NO3SSi/c1-13(22-24(6,7)17(2,3)4)19-15(12-16(19)21)18(23-5)10-8-14(20)9-11-18/h13,15H,8-12H2,1-7H3. The molecule has 1 heterocycles. The third kappa shape index (κ3) is 3.60. The SMILES string of the molecule is CSC1(C2CC(=O)N2C(C)O[Si](C)(C)C(C)(C)C)CCC(=O)CC1. The number of carbonyl (C=O) groups is 2. The molecule has 1 aliphatic heterocycles. The van der Waals surface area contributed by atoms with E-state index in [9.17, 15) is 9.59 Å². The van der Waals surface area contributed by atoms with Crippen LogP contribution < -0.4 is 0 Å². The highest BCUT2D eigenvalue weighted by Gasteiger charge is 2.54. The van der Waals surface area contributed by atoms with E-state index in [0.717, 1.165) is 12.8 Å². The molecule has 4 nitrogen and oxygen atoms in total. The molecule has 2 unspecified atom stereocenters. The molecule has 1 saturated carbocycles. The molecule has 2 aliphatic rings. The van der Waals surface area contributed by atoms with Gasteiger partial charge in [-0.05, 0) is 44.2 Å². The summed E-state index contributed by atoms with van der Waals surface area (Å²) >= 11 is 1.84. The minimum absolute atomic E-state index is 0.0207. The van der Waals surface area contributed by atoms with E-state index in [4.69, 9.17) is 4.43 Å². The van der Waals surface area contributed by atoms with Crippen LogP contribution in [0.3, 0.4) is 0 Å². The van der Waals surface area contributed by atoms with Gasteiger partial charge in [-0.3, -0.25) is 9.59 Å². The Morgan fingerprint density at radius 1 is 1.25 bits per heavy atom. The van der Waals surface area contributed by atoms with Crippen LogP contribution in [0.4, 0.5) is 0 Å². The van der Waals surface area contributed by atoms with Crippen molar-refractivity contribution in [1.82, 2.24) is 4.90 Å². The molecule has 2 atom stereocenters. The average molecular weight is 372 g/mol. The van der Waals surface area contributed by atoms with E-state index < -0.39 is 8.32 Å².